The Morgan fingerprint density at radius 1 is 0.447 bits per heavy atom. The Balaban J connectivity index is 0.000000134. The smallest absolute Gasteiger partial charge is 0.354 e. The van der Waals surface area contributed by atoms with Crippen LogP contribution in [0.4, 0.5) is 17.1 Å². The SMILES string of the molecule is COCC1CCN(c2cc(C(=O)CS(=O)(=O)c3c(C)noc3C)nc3c2c(C2CCC2)nn3-c2ccccc2)CC1.COCC1CCN(c2cc(C(=O)O)nc3c2c(C2CCC2)nn3-c2ccccc2)CC1.COCC1CCN(c2cc(C(=O)O)nc3c2c(C2CCC2)nn3-c2ccccc2)CC1.Cc1noc(C)c1S(=O)(=O)Cl. The molecule has 0 atom stereocenters. The highest BCUT2D eigenvalue weighted by atomic mass is 35.7. The standard InChI is InChI=1S/C30H35N5O5S.2C24H28N4O3.C5H6ClNO3S/c1-19-29(20(2)40-33-19)41(37,38)18-26(36)24-16-25(34-14-12-21(13-15-34)17-39-3)27-28(22-8-7-9-22)32-35(30(27)31-24)23-10-5-4-6-11-23;2*1-31-15-16-10-12-27(13-11-16)20-14-19(24(29)30)25-23-21(20)22(17-6-5-7-17)26-28(23)18-8-3-2-4-9-18;1-3-5(11(6,8)9)4(2)10-7-3/h4-6,10-11,16,21-22H,7-9,12-15,17-18H2,1-3H3;2*2-4,8-9,14,16-17H,5-7,10-13,15H2,1H3,(H,29,30);1-2H3. The lowest BCUT2D eigenvalue weighted by Gasteiger charge is -2.34. The number of fused-ring (bicyclic) bond motifs is 3. The monoisotopic (exact) mass is 1610 g/mol. The molecule has 2 N–H and O–H groups in total. The zero-order chi connectivity index (χ0) is 80.1. The van der Waals surface area contributed by atoms with Crippen molar-refractivity contribution in [2.24, 2.45) is 17.8 Å². The van der Waals surface area contributed by atoms with Crippen LogP contribution in [0.1, 0.15) is 186 Å². The second-order valence-electron chi connectivity index (χ2n) is 30.7. The number of hydrogen-bond acceptors (Lipinski definition) is 23. The fourth-order valence-corrected chi connectivity index (χ4v) is 19.4. The minimum atomic E-state index is -3.99. The lowest BCUT2D eigenvalue weighted by atomic mass is 9.81. The van der Waals surface area contributed by atoms with E-state index in [1.807, 2.05) is 105 Å². The summed E-state index contributed by atoms with van der Waals surface area (Å²) >= 11 is 0. The number of nitrogens with zero attached hydrogens (tertiary/aromatic N) is 14. The molecule has 11 heterocycles. The number of benzene rings is 3. The molecule has 11 aromatic rings. The van der Waals surface area contributed by atoms with Crippen LogP contribution in [-0.2, 0) is 33.1 Å². The number of ether oxygens (including phenoxy) is 3. The summed E-state index contributed by atoms with van der Waals surface area (Å²) in [5.41, 5.74) is 11.2. The highest BCUT2D eigenvalue weighted by molar-refractivity contribution is 8.13. The molecule has 3 aliphatic carbocycles. The first kappa shape index (κ1) is 80.6. The molecule has 3 saturated carbocycles. The molecule has 6 aliphatic rings. The van der Waals surface area contributed by atoms with Gasteiger partial charge in [-0.15, -0.1) is 0 Å². The van der Waals surface area contributed by atoms with Crippen LogP contribution < -0.4 is 14.7 Å². The highest BCUT2D eigenvalue weighted by Crippen LogP contribution is 2.47. The molecule has 3 saturated heterocycles. The Hall–Kier alpha value is -9.98. The molecule has 28 nitrogen and oxygen atoms in total. The lowest BCUT2D eigenvalue weighted by molar-refractivity contribution is 0.0680. The number of Topliss-reactive ketones (excluding diaryl/α,β-unsaturated/α-hetero) is 1. The number of sulfone groups is 1. The third-order valence-electron chi connectivity index (χ3n) is 23.0. The van der Waals surface area contributed by atoms with Crippen molar-refractivity contribution in [2.45, 2.75) is 152 Å². The summed E-state index contributed by atoms with van der Waals surface area (Å²) in [5, 5.41) is 44.8. The van der Waals surface area contributed by atoms with Crippen molar-refractivity contribution >= 4 is 97.5 Å². The fraction of sp³-hybridized carbons (Fsp3) is 0.458. The van der Waals surface area contributed by atoms with E-state index in [2.05, 4.69) is 39.5 Å². The summed E-state index contributed by atoms with van der Waals surface area (Å²) in [6.45, 7) is 13.5. The molecule has 17 rings (SSSR count). The summed E-state index contributed by atoms with van der Waals surface area (Å²) in [6.07, 6.45) is 16.3. The first-order valence-corrected chi connectivity index (χ1v) is 43.2. The highest BCUT2D eigenvalue weighted by Gasteiger charge is 2.37. The van der Waals surface area contributed by atoms with Crippen molar-refractivity contribution in [1.29, 1.82) is 0 Å². The predicted molar refractivity (Wildman–Crippen MR) is 432 cm³/mol. The van der Waals surface area contributed by atoms with E-state index >= 15 is 0 Å². The average molecular weight is 1610 g/mol. The molecule has 3 aromatic carbocycles. The van der Waals surface area contributed by atoms with Crippen LogP contribution >= 0.6 is 10.7 Å². The zero-order valence-corrected chi connectivity index (χ0v) is 67.7. The molecule has 0 spiro atoms. The number of pyridine rings is 3. The van der Waals surface area contributed by atoms with Gasteiger partial charge in [0.1, 0.15) is 26.9 Å². The van der Waals surface area contributed by atoms with Crippen LogP contribution in [0.15, 0.2) is 128 Å². The maximum Gasteiger partial charge on any atom is 0.354 e. The molecule has 6 fully saturated rings. The second-order valence-corrected chi connectivity index (χ2v) is 35.1. The van der Waals surface area contributed by atoms with Crippen LogP contribution in [0, 0.1) is 45.4 Å². The zero-order valence-electron chi connectivity index (χ0n) is 65.3. The molecule has 0 bridgehead atoms. The first-order valence-electron chi connectivity index (χ1n) is 39.2. The van der Waals surface area contributed by atoms with Crippen LogP contribution in [0.3, 0.4) is 0 Å². The number of hydrogen-bond donors (Lipinski definition) is 2. The van der Waals surface area contributed by atoms with Crippen LogP contribution in [0.5, 0.6) is 0 Å². The quantitative estimate of drug-likeness (QED) is 0.0470. The minimum absolute atomic E-state index is 0.0285. The van der Waals surface area contributed by atoms with Crippen molar-refractivity contribution in [1.82, 2.24) is 54.6 Å². The number of methoxy groups -OCH3 is 3. The number of ketones is 1. The van der Waals surface area contributed by atoms with Gasteiger partial charge in [-0.3, -0.25) is 4.79 Å². The molecule has 31 heteroatoms. The number of anilines is 3. The van der Waals surface area contributed by atoms with Crippen LogP contribution in [-0.4, -0.2) is 186 Å². The molecule has 0 unspecified atom stereocenters. The lowest BCUT2D eigenvalue weighted by Crippen LogP contribution is -2.35. The van der Waals surface area contributed by atoms with E-state index in [9.17, 15) is 41.4 Å². The Labute approximate surface area is 666 Å². The number of piperidine rings is 3. The topological polar surface area (TPSA) is 342 Å². The van der Waals surface area contributed by atoms with Gasteiger partial charge in [-0.1, -0.05) is 84.2 Å². The molecular weight excluding hydrogens is 1520 g/mol. The second kappa shape index (κ2) is 35.0. The van der Waals surface area contributed by atoms with Crippen molar-refractivity contribution in [3.63, 3.8) is 0 Å². The van der Waals surface area contributed by atoms with Crippen molar-refractivity contribution in [3.8, 4) is 17.1 Å². The van der Waals surface area contributed by atoms with Crippen molar-refractivity contribution < 1.29 is 64.7 Å². The van der Waals surface area contributed by atoms with Crippen molar-refractivity contribution in [3.05, 3.63) is 166 Å². The van der Waals surface area contributed by atoms with Gasteiger partial charge in [0.25, 0.3) is 9.05 Å². The first-order chi connectivity index (χ1) is 55.0. The Morgan fingerprint density at radius 3 is 1.00 bits per heavy atom. The number of rotatable bonds is 22. The summed E-state index contributed by atoms with van der Waals surface area (Å²) in [7, 11) is 2.62. The summed E-state index contributed by atoms with van der Waals surface area (Å²) in [4.78, 5) is 58.4. The molecule has 0 amide bonds. The molecular formula is C83H97ClN14O14S2. The molecule has 114 heavy (non-hydrogen) atoms. The largest absolute Gasteiger partial charge is 0.477 e. The van der Waals surface area contributed by atoms with Gasteiger partial charge in [-0.25, -0.2) is 55.4 Å². The molecule has 8 aromatic heterocycles. The number of carbonyl (C=O) groups excluding carboxylic acids is 1. The normalized spacial score (nSPS) is 16.9. The predicted octanol–water partition coefficient (Wildman–Crippen LogP) is 14.5. The summed E-state index contributed by atoms with van der Waals surface area (Å²) in [6, 6.07) is 34.8. The third-order valence-corrected chi connectivity index (χ3v) is 26.4. The van der Waals surface area contributed by atoms with Crippen LogP contribution in [0.2, 0.25) is 0 Å². The van der Waals surface area contributed by atoms with E-state index < -0.39 is 42.4 Å². The van der Waals surface area contributed by atoms with E-state index in [1.165, 1.54) is 33.6 Å². The van der Waals surface area contributed by atoms with Gasteiger partial charge in [0.2, 0.25) is 0 Å². The van der Waals surface area contributed by atoms with Gasteiger partial charge >= 0.3 is 11.9 Å². The number of halogens is 1. The average Bonchev–Trinajstić information content (AvgIpc) is 1.61. The minimum Gasteiger partial charge on any atom is -0.477 e. The third kappa shape index (κ3) is 17.2. The van der Waals surface area contributed by atoms with E-state index in [4.69, 9.17) is 49.7 Å². The number of aromatic nitrogens is 11. The Morgan fingerprint density at radius 2 is 0.746 bits per heavy atom. The van der Waals surface area contributed by atoms with Gasteiger partial charge in [-0.05, 0) is 177 Å². The maximum atomic E-state index is 13.7. The van der Waals surface area contributed by atoms with E-state index in [0.29, 0.717) is 52.4 Å². The molecule has 0 radical (unpaired) electrons. The molecule has 3 aliphatic heterocycles. The number of aryl methyl sites for hydroxylation is 4. The fourth-order valence-electron chi connectivity index (χ4n) is 16.4. The van der Waals surface area contributed by atoms with Gasteiger partial charge < -0.3 is 48.2 Å². The van der Waals surface area contributed by atoms with Gasteiger partial charge in [0.15, 0.2) is 55.5 Å². The molecule has 602 valence electrons. The van der Waals surface area contributed by atoms with E-state index in [1.54, 1.807) is 46.5 Å². The number of para-hydroxylation sites is 3. The Kier molecular flexibility index (Phi) is 24.8. The summed E-state index contributed by atoms with van der Waals surface area (Å²) in [5.74, 6) is -0.193. The maximum absolute atomic E-state index is 13.7. The van der Waals surface area contributed by atoms with Gasteiger partial charge in [0.05, 0.1) is 73.1 Å². The number of carboxylic acid groups (broad SMARTS) is 2. The van der Waals surface area contributed by atoms with Gasteiger partial charge in [0, 0.05) is 109 Å². The van der Waals surface area contributed by atoms with Crippen LogP contribution in [0.25, 0.3) is 50.2 Å². The number of carbonyl (C=O) groups is 3. The number of carboxylic acids is 2. The number of aromatic carboxylic acids is 2. The van der Waals surface area contributed by atoms with E-state index in [0.717, 1.165) is 210 Å². The van der Waals surface area contributed by atoms with Crippen molar-refractivity contribution in [2.75, 3.05) is 101 Å². The van der Waals surface area contributed by atoms with E-state index in [-0.39, 0.29) is 49.8 Å². The summed E-state index contributed by atoms with van der Waals surface area (Å²) < 4.78 is 79.5. The Bertz CT molecular complexity index is 5290. The van der Waals surface area contributed by atoms with Gasteiger partial charge in [-0.2, -0.15) is 15.3 Å².